The summed E-state index contributed by atoms with van der Waals surface area (Å²) in [4.78, 5) is 8.66. The van der Waals surface area contributed by atoms with E-state index in [1.165, 1.54) is 0 Å². The molecule has 0 radical (unpaired) electrons. The molecule has 0 amide bonds. The van der Waals surface area contributed by atoms with E-state index in [1.54, 1.807) is 12.4 Å². The normalized spacial score (nSPS) is 12.5. The number of nitrogens with two attached hydrogens (primary N) is 1. The van der Waals surface area contributed by atoms with Crippen molar-refractivity contribution in [1.29, 1.82) is 0 Å². The van der Waals surface area contributed by atoms with Crippen molar-refractivity contribution in [2.24, 2.45) is 5.73 Å². The number of rotatable bonds is 2. The summed E-state index contributed by atoms with van der Waals surface area (Å²) in [5.74, 6) is 0. The first-order valence-electron chi connectivity index (χ1n) is 5.86. The quantitative estimate of drug-likeness (QED) is 0.743. The molecule has 3 heteroatoms. The summed E-state index contributed by atoms with van der Waals surface area (Å²) in [6.45, 7) is 0. The Morgan fingerprint density at radius 3 is 2.56 bits per heavy atom. The summed E-state index contributed by atoms with van der Waals surface area (Å²) in [6, 6.07) is 15.5. The van der Waals surface area contributed by atoms with Gasteiger partial charge in [-0.25, -0.2) is 0 Å². The molecule has 0 aliphatic carbocycles. The molecule has 0 saturated heterocycles. The standard InChI is InChI=1S/C15H13N3/c16-15(14-7-1-2-9-18-14)12-5-3-8-13-11(12)6-4-10-17-13/h1-10,15H,16H2. The molecule has 0 saturated carbocycles. The van der Waals surface area contributed by atoms with Crippen LogP contribution in [0.4, 0.5) is 0 Å². The molecule has 3 rings (SSSR count). The Bertz CT molecular complexity index is 659. The molecule has 2 heterocycles. The minimum absolute atomic E-state index is 0.223. The lowest BCUT2D eigenvalue weighted by atomic mass is 9.99. The second kappa shape index (κ2) is 4.55. The molecule has 0 aliphatic rings. The Labute approximate surface area is 105 Å². The van der Waals surface area contributed by atoms with Gasteiger partial charge in [0.05, 0.1) is 17.3 Å². The van der Waals surface area contributed by atoms with E-state index in [1.807, 2.05) is 48.5 Å². The van der Waals surface area contributed by atoms with Gasteiger partial charge >= 0.3 is 0 Å². The van der Waals surface area contributed by atoms with Gasteiger partial charge in [0.1, 0.15) is 0 Å². The maximum absolute atomic E-state index is 6.29. The zero-order valence-corrected chi connectivity index (χ0v) is 9.82. The van der Waals surface area contributed by atoms with E-state index in [0.29, 0.717) is 0 Å². The van der Waals surface area contributed by atoms with Crippen molar-refractivity contribution in [1.82, 2.24) is 9.97 Å². The van der Waals surface area contributed by atoms with Gasteiger partial charge in [-0.2, -0.15) is 0 Å². The van der Waals surface area contributed by atoms with Crippen LogP contribution in [0.3, 0.4) is 0 Å². The number of nitrogens with zero attached hydrogens (tertiary/aromatic N) is 2. The average Bonchev–Trinajstić information content (AvgIpc) is 2.47. The summed E-state index contributed by atoms with van der Waals surface area (Å²) in [5.41, 5.74) is 9.18. The van der Waals surface area contributed by atoms with Crippen LogP contribution >= 0.6 is 0 Å². The van der Waals surface area contributed by atoms with Crippen LogP contribution in [0.2, 0.25) is 0 Å². The molecule has 0 bridgehead atoms. The number of hydrogen-bond acceptors (Lipinski definition) is 3. The largest absolute Gasteiger partial charge is 0.319 e. The van der Waals surface area contributed by atoms with Gasteiger partial charge in [-0.1, -0.05) is 24.3 Å². The van der Waals surface area contributed by atoms with Gasteiger partial charge in [-0.15, -0.1) is 0 Å². The van der Waals surface area contributed by atoms with Crippen molar-refractivity contribution >= 4 is 10.9 Å². The van der Waals surface area contributed by atoms with Crippen LogP contribution in [0.25, 0.3) is 10.9 Å². The molecule has 0 aliphatic heterocycles. The monoisotopic (exact) mass is 235 g/mol. The van der Waals surface area contributed by atoms with Crippen LogP contribution in [0, 0.1) is 0 Å². The van der Waals surface area contributed by atoms with E-state index in [0.717, 1.165) is 22.2 Å². The number of pyridine rings is 2. The number of hydrogen-bond donors (Lipinski definition) is 1. The SMILES string of the molecule is NC(c1ccccn1)c1cccc2ncccc12. The first kappa shape index (κ1) is 10.9. The van der Waals surface area contributed by atoms with E-state index >= 15 is 0 Å². The Hall–Kier alpha value is -2.26. The fourth-order valence-electron chi connectivity index (χ4n) is 2.12. The predicted octanol–water partition coefficient (Wildman–Crippen LogP) is 2.68. The Morgan fingerprint density at radius 2 is 1.72 bits per heavy atom. The van der Waals surface area contributed by atoms with Gasteiger partial charge in [-0.3, -0.25) is 9.97 Å². The molecule has 18 heavy (non-hydrogen) atoms. The zero-order chi connectivity index (χ0) is 12.4. The highest BCUT2D eigenvalue weighted by molar-refractivity contribution is 5.82. The smallest absolute Gasteiger partial charge is 0.0732 e. The van der Waals surface area contributed by atoms with Crippen molar-refractivity contribution in [3.05, 3.63) is 72.2 Å². The molecule has 1 unspecified atom stereocenters. The second-order valence-electron chi connectivity index (χ2n) is 4.15. The van der Waals surface area contributed by atoms with Gasteiger partial charge in [0.25, 0.3) is 0 Å². The van der Waals surface area contributed by atoms with Crippen molar-refractivity contribution < 1.29 is 0 Å². The third kappa shape index (κ3) is 1.85. The summed E-state index contributed by atoms with van der Waals surface area (Å²) in [7, 11) is 0. The van der Waals surface area contributed by atoms with E-state index in [4.69, 9.17) is 5.73 Å². The van der Waals surface area contributed by atoms with Crippen LogP contribution in [0.1, 0.15) is 17.3 Å². The van der Waals surface area contributed by atoms with Crippen LogP contribution in [-0.2, 0) is 0 Å². The molecule has 0 spiro atoms. The van der Waals surface area contributed by atoms with Crippen molar-refractivity contribution in [2.75, 3.05) is 0 Å². The highest BCUT2D eigenvalue weighted by Gasteiger charge is 2.12. The lowest BCUT2D eigenvalue weighted by Crippen LogP contribution is -2.13. The minimum Gasteiger partial charge on any atom is -0.319 e. The molecular weight excluding hydrogens is 222 g/mol. The maximum Gasteiger partial charge on any atom is 0.0732 e. The van der Waals surface area contributed by atoms with Gasteiger partial charge < -0.3 is 5.73 Å². The molecule has 2 N–H and O–H groups in total. The molecule has 1 aromatic carbocycles. The topological polar surface area (TPSA) is 51.8 Å². The van der Waals surface area contributed by atoms with E-state index < -0.39 is 0 Å². The second-order valence-corrected chi connectivity index (χ2v) is 4.15. The van der Waals surface area contributed by atoms with Crippen molar-refractivity contribution in [3.8, 4) is 0 Å². The molecule has 3 aromatic rings. The molecule has 0 fully saturated rings. The number of fused-ring (bicyclic) bond motifs is 1. The Balaban J connectivity index is 2.15. The molecule has 3 nitrogen and oxygen atoms in total. The van der Waals surface area contributed by atoms with Crippen LogP contribution in [0.5, 0.6) is 0 Å². The van der Waals surface area contributed by atoms with Gasteiger partial charge in [0.2, 0.25) is 0 Å². The first-order valence-corrected chi connectivity index (χ1v) is 5.86. The fraction of sp³-hybridized carbons (Fsp3) is 0.0667. The van der Waals surface area contributed by atoms with Crippen LogP contribution < -0.4 is 5.73 Å². The van der Waals surface area contributed by atoms with Gasteiger partial charge in [0, 0.05) is 17.8 Å². The highest BCUT2D eigenvalue weighted by Crippen LogP contribution is 2.24. The molecular formula is C15H13N3. The zero-order valence-electron chi connectivity index (χ0n) is 9.82. The summed E-state index contributed by atoms with van der Waals surface area (Å²) < 4.78 is 0. The van der Waals surface area contributed by atoms with E-state index in [-0.39, 0.29) is 6.04 Å². The van der Waals surface area contributed by atoms with Crippen molar-refractivity contribution in [2.45, 2.75) is 6.04 Å². The van der Waals surface area contributed by atoms with Crippen LogP contribution in [0.15, 0.2) is 60.9 Å². The Kier molecular flexibility index (Phi) is 2.74. The lowest BCUT2D eigenvalue weighted by Gasteiger charge is -2.13. The van der Waals surface area contributed by atoms with E-state index in [2.05, 4.69) is 9.97 Å². The molecule has 2 aromatic heterocycles. The van der Waals surface area contributed by atoms with Gasteiger partial charge in [0.15, 0.2) is 0 Å². The first-order chi connectivity index (χ1) is 8.86. The van der Waals surface area contributed by atoms with Crippen molar-refractivity contribution in [3.63, 3.8) is 0 Å². The average molecular weight is 235 g/mol. The van der Waals surface area contributed by atoms with Gasteiger partial charge in [-0.05, 0) is 29.8 Å². The number of aromatic nitrogens is 2. The lowest BCUT2D eigenvalue weighted by molar-refractivity contribution is 0.836. The molecule has 1 atom stereocenters. The summed E-state index contributed by atoms with van der Waals surface area (Å²) in [5, 5.41) is 1.08. The third-order valence-electron chi connectivity index (χ3n) is 3.02. The van der Waals surface area contributed by atoms with E-state index in [9.17, 15) is 0 Å². The number of benzene rings is 1. The summed E-state index contributed by atoms with van der Waals surface area (Å²) in [6.07, 6.45) is 3.55. The maximum atomic E-state index is 6.29. The minimum atomic E-state index is -0.223. The molecule has 88 valence electrons. The van der Waals surface area contributed by atoms with Crippen LogP contribution in [-0.4, -0.2) is 9.97 Å². The Morgan fingerprint density at radius 1 is 0.833 bits per heavy atom. The summed E-state index contributed by atoms with van der Waals surface area (Å²) >= 11 is 0. The third-order valence-corrected chi connectivity index (χ3v) is 3.02. The highest BCUT2D eigenvalue weighted by atomic mass is 14.8. The predicted molar refractivity (Wildman–Crippen MR) is 72.0 cm³/mol. The fourth-order valence-corrected chi connectivity index (χ4v) is 2.12.